The molecule has 0 saturated heterocycles. The Morgan fingerprint density at radius 2 is 1.78 bits per heavy atom. The second-order valence-corrected chi connectivity index (χ2v) is 5.74. The van der Waals surface area contributed by atoms with Crippen molar-refractivity contribution in [2.24, 2.45) is 0 Å². The average Bonchev–Trinajstić information content (AvgIpc) is 3.09. The van der Waals surface area contributed by atoms with Crippen LogP contribution in [0.2, 0.25) is 5.02 Å². The third-order valence-electron chi connectivity index (χ3n) is 3.43. The number of amides is 1. The molecule has 0 atom stereocenters. The van der Waals surface area contributed by atoms with E-state index in [1.165, 1.54) is 24.3 Å². The summed E-state index contributed by atoms with van der Waals surface area (Å²) in [7, 11) is 0. The minimum absolute atomic E-state index is 0.0193. The summed E-state index contributed by atoms with van der Waals surface area (Å²) in [6.07, 6.45) is -1.67. The van der Waals surface area contributed by atoms with E-state index >= 15 is 0 Å². The number of halogens is 4. The van der Waals surface area contributed by atoms with Crippen molar-refractivity contribution in [3.63, 3.8) is 0 Å². The van der Waals surface area contributed by atoms with Crippen molar-refractivity contribution in [1.29, 1.82) is 0 Å². The fourth-order valence-electron chi connectivity index (χ4n) is 2.11. The Balaban J connectivity index is 1.67. The standard InChI is InChI=1S/C18H11ClF3N3O2/c19-14-4-2-1-3-11(14)7-10-15(26)23-17-25-24-16(27-17)12-5-8-13(9-6-12)18(20,21)22/h1-10H,(H,23,25,26)/b10-7+. The molecule has 0 spiro atoms. The molecule has 0 unspecified atom stereocenters. The maximum atomic E-state index is 12.6. The smallest absolute Gasteiger partial charge is 0.403 e. The molecule has 0 bridgehead atoms. The van der Waals surface area contributed by atoms with Crippen molar-refractivity contribution in [2.45, 2.75) is 6.18 Å². The minimum atomic E-state index is -4.43. The van der Waals surface area contributed by atoms with Crippen molar-refractivity contribution < 1.29 is 22.4 Å². The Morgan fingerprint density at radius 1 is 1.07 bits per heavy atom. The topological polar surface area (TPSA) is 68.0 Å². The molecule has 27 heavy (non-hydrogen) atoms. The lowest BCUT2D eigenvalue weighted by Gasteiger charge is -2.05. The molecule has 0 radical (unpaired) electrons. The van der Waals surface area contributed by atoms with Crippen LogP contribution in [-0.4, -0.2) is 16.1 Å². The number of alkyl halides is 3. The van der Waals surface area contributed by atoms with Gasteiger partial charge in [0.15, 0.2) is 0 Å². The molecule has 0 fully saturated rings. The molecule has 1 aromatic heterocycles. The van der Waals surface area contributed by atoms with Crippen LogP contribution in [-0.2, 0) is 11.0 Å². The minimum Gasteiger partial charge on any atom is -0.403 e. The zero-order valence-electron chi connectivity index (χ0n) is 13.5. The molecule has 3 aromatic rings. The van der Waals surface area contributed by atoms with Crippen LogP contribution in [0, 0.1) is 0 Å². The Morgan fingerprint density at radius 3 is 2.44 bits per heavy atom. The normalized spacial score (nSPS) is 11.7. The van der Waals surface area contributed by atoms with Gasteiger partial charge in [0, 0.05) is 16.7 Å². The molecule has 0 saturated carbocycles. The van der Waals surface area contributed by atoms with Gasteiger partial charge in [-0.2, -0.15) is 13.2 Å². The molecule has 1 amide bonds. The lowest BCUT2D eigenvalue weighted by molar-refractivity contribution is -0.137. The predicted molar refractivity (Wildman–Crippen MR) is 93.9 cm³/mol. The maximum absolute atomic E-state index is 12.6. The first-order valence-corrected chi connectivity index (χ1v) is 7.95. The fourth-order valence-corrected chi connectivity index (χ4v) is 2.31. The molecule has 3 rings (SSSR count). The third kappa shape index (κ3) is 4.73. The summed E-state index contributed by atoms with van der Waals surface area (Å²) in [5, 5.41) is 10.2. The van der Waals surface area contributed by atoms with E-state index < -0.39 is 17.6 Å². The summed E-state index contributed by atoms with van der Waals surface area (Å²) in [5.41, 5.74) is 0.164. The molecule has 138 valence electrons. The quantitative estimate of drug-likeness (QED) is 0.629. The molecule has 0 aliphatic carbocycles. The molecule has 1 N–H and O–H groups in total. The summed E-state index contributed by atoms with van der Waals surface area (Å²) >= 11 is 5.98. The van der Waals surface area contributed by atoms with Gasteiger partial charge in [-0.15, -0.1) is 5.10 Å². The van der Waals surface area contributed by atoms with Gasteiger partial charge in [-0.25, -0.2) is 0 Å². The van der Waals surface area contributed by atoms with Crippen LogP contribution < -0.4 is 5.32 Å². The Bertz CT molecular complexity index is 982. The molecular weight excluding hydrogens is 383 g/mol. The van der Waals surface area contributed by atoms with Gasteiger partial charge in [0.05, 0.1) is 5.56 Å². The van der Waals surface area contributed by atoms with Gasteiger partial charge < -0.3 is 4.42 Å². The number of nitrogens with one attached hydrogen (secondary N) is 1. The summed E-state index contributed by atoms with van der Waals surface area (Å²) in [6.45, 7) is 0. The van der Waals surface area contributed by atoms with Gasteiger partial charge >= 0.3 is 12.2 Å². The summed E-state index contributed by atoms with van der Waals surface area (Å²) in [5.74, 6) is -0.549. The van der Waals surface area contributed by atoms with Crippen LogP contribution in [0.25, 0.3) is 17.5 Å². The van der Waals surface area contributed by atoms with Crippen molar-refractivity contribution in [1.82, 2.24) is 10.2 Å². The van der Waals surface area contributed by atoms with Gasteiger partial charge in [0.2, 0.25) is 5.89 Å². The first kappa shape index (κ1) is 18.7. The highest BCUT2D eigenvalue weighted by Crippen LogP contribution is 2.30. The lowest BCUT2D eigenvalue weighted by atomic mass is 10.1. The molecule has 9 heteroatoms. The maximum Gasteiger partial charge on any atom is 0.416 e. The molecular formula is C18H11ClF3N3O2. The number of nitrogens with zero attached hydrogens (tertiary/aromatic N) is 2. The van der Waals surface area contributed by atoms with E-state index in [0.717, 1.165) is 12.1 Å². The van der Waals surface area contributed by atoms with E-state index in [0.29, 0.717) is 16.1 Å². The average molecular weight is 394 g/mol. The highest BCUT2D eigenvalue weighted by atomic mass is 35.5. The molecule has 0 aliphatic heterocycles. The van der Waals surface area contributed by atoms with Crippen LogP contribution in [0.5, 0.6) is 0 Å². The van der Waals surface area contributed by atoms with Gasteiger partial charge in [-0.05, 0) is 42.0 Å². The number of rotatable bonds is 4. The van der Waals surface area contributed by atoms with E-state index in [4.69, 9.17) is 16.0 Å². The molecule has 0 aliphatic rings. The Hall–Kier alpha value is -3.13. The highest BCUT2D eigenvalue weighted by Gasteiger charge is 2.30. The number of benzene rings is 2. The van der Waals surface area contributed by atoms with Gasteiger partial charge in [0.25, 0.3) is 5.91 Å². The number of carbonyl (C=O) groups excluding carboxylic acids is 1. The summed E-state index contributed by atoms with van der Waals surface area (Å²) in [4.78, 5) is 11.9. The van der Waals surface area contributed by atoms with E-state index in [2.05, 4.69) is 15.5 Å². The number of anilines is 1. The van der Waals surface area contributed by atoms with Crippen molar-refractivity contribution in [3.8, 4) is 11.5 Å². The van der Waals surface area contributed by atoms with E-state index in [9.17, 15) is 18.0 Å². The van der Waals surface area contributed by atoms with Crippen LogP contribution in [0.1, 0.15) is 11.1 Å². The van der Waals surface area contributed by atoms with Crippen LogP contribution in [0.4, 0.5) is 19.2 Å². The SMILES string of the molecule is O=C(/C=C/c1ccccc1Cl)Nc1nnc(-c2ccc(C(F)(F)F)cc2)o1. The largest absolute Gasteiger partial charge is 0.416 e. The summed E-state index contributed by atoms with van der Waals surface area (Å²) < 4.78 is 43.0. The number of carbonyl (C=O) groups is 1. The molecule has 5 nitrogen and oxygen atoms in total. The Labute approximate surface area is 156 Å². The Kier molecular flexibility index (Phi) is 5.27. The van der Waals surface area contributed by atoms with E-state index in [-0.39, 0.29) is 11.9 Å². The first-order valence-electron chi connectivity index (χ1n) is 7.57. The zero-order chi connectivity index (χ0) is 19.4. The zero-order valence-corrected chi connectivity index (χ0v) is 14.3. The third-order valence-corrected chi connectivity index (χ3v) is 3.78. The number of hydrogen-bond acceptors (Lipinski definition) is 4. The van der Waals surface area contributed by atoms with Crippen molar-refractivity contribution in [2.75, 3.05) is 5.32 Å². The summed E-state index contributed by atoms with van der Waals surface area (Å²) in [6, 6.07) is 11.0. The van der Waals surface area contributed by atoms with Crippen molar-refractivity contribution >= 4 is 29.6 Å². The second-order valence-electron chi connectivity index (χ2n) is 5.33. The van der Waals surface area contributed by atoms with E-state index in [1.807, 2.05) is 0 Å². The number of aromatic nitrogens is 2. The monoisotopic (exact) mass is 393 g/mol. The van der Waals surface area contributed by atoms with Gasteiger partial charge in [-0.3, -0.25) is 10.1 Å². The van der Waals surface area contributed by atoms with Crippen LogP contribution >= 0.6 is 11.6 Å². The van der Waals surface area contributed by atoms with Gasteiger partial charge in [0.1, 0.15) is 0 Å². The second kappa shape index (κ2) is 7.63. The predicted octanol–water partition coefficient (Wildman–Crippen LogP) is 5.06. The number of hydrogen-bond donors (Lipinski definition) is 1. The van der Waals surface area contributed by atoms with Gasteiger partial charge in [-0.1, -0.05) is 34.9 Å². The van der Waals surface area contributed by atoms with Crippen molar-refractivity contribution in [3.05, 3.63) is 70.8 Å². The van der Waals surface area contributed by atoms with Crippen LogP contribution in [0.15, 0.2) is 59.0 Å². The lowest BCUT2D eigenvalue weighted by Crippen LogP contribution is -2.07. The van der Waals surface area contributed by atoms with E-state index in [1.54, 1.807) is 24.3 Å². The van der Waals surface area contributed by atoms with Crippen LogP contribution in [0.3, 0.4) is 0 Å². The molecule has 1 heterocycles. The molecule has 2 aromatic carbocycles. The fraction of sp³-hybridized carbons (Fsp3) is 0.0556. The highest BCUT2D eigenvalue weighted by molar-refractivity contribution is 6.32. The first-order chi connectivity index (χ1) is 12.8.